The molecule has 1 aliphatic rings. The fraction of sp³-hybridized carbons (Fsp3) is 0.600. The summed E-state index contributed by atoms with van der Waals surface area (Å²) >= 11 is -3.04. The molecule has 1 aromatic carbocycles. The van der Waals surface area contributed by atoms with Crippen LogP contribution in [-0.4, -0.2) is 38.0 Å². The average Bonchev–Trinajstić information content (AvgIpc) is 2.69. The number of fused-ring (bicyclic) bond motifs is 1. The van der Waals surface area contributed by atoms with E-state index in [1.165, 1.54) is 51.8 Å². The van der Waals surface area contributed by atoms with Crippen LogP contribution in [0.25, 0.3) is 0 Å². The van der Waals surface area contributed by atoms with Gasteiger partial charge in [-0.2, -0.15) is 0 Å². The topological polar surface area (TPSA) is 34.1 Å². The van der Waals surface area contributed by atoms with E-state index in [1.54, 1.807) is 0 Å². The van der Waals surface area contributed by atoms with Crippen molar-refractivity contribution in [2.24, 2.45) is 0 Å². The van der Waals surface area contributed by atoms with E-state index in [1.807, 2.05) is 24.3 Å². The van der Waals surface area contributed by atoms with Crippen molar-refractivity contribution >= 4 is 38.0 Å². The number of unbranched alkanes of at least 4 members (excludes halogenated alkanes) is 3. The molecule has 0 amide bonds. The van der Waals surface area contributed by atoms with Gasteiger partial charge < -0.3 is 0 Å². The summed E-state index contributed by atoms with van der Waals surface area (Å²) in [5.41, 5.74) is 1.33. The predicted molar refractivity (Wildman–Crippen MR) is 130 cm³/mol. The van der Waals surface area contributed by atoms with E-state index in [0.717, 1.165) is 8.79 Å². The average molecular weight is 519 g/mol. The second-order valence-electron chi connectivity index (χ2n) is 9.79. The van der Waals surface area contributed by atoms with Gasteiger partial charge in [0.25, 0.3) is 0 Å². The third-order valence-corrected chi connectivity index (χ3v) is 24.7. The molecule has 0 aromatic heterocycles. The number of carbonyl (C=O) groups is 2. The minimum absolute atomic E-state index is 0.180. The summed E-state index contributed by atoms with van der Waals surface area (Å²) in [6, 6.07) is 7.58. The molecule has 1 aliphatic carbocycles. The number of rotatable bonds is 11. The molecule has 4 heteroatoms. The number of allylic oxidation sites excluding steroid dienone is 2. The Hall–Kier alpha value is -0.684. The summed E-state index contributed by atoms with van der Waals surface area (Å²) < 4.78 is 4.82. The Morgan fingerprint density at radius 2 is 1.14 bits per heavy atom. The molecule has 0 bridgehead atoms. The molecule has 1 aromatic rings. The van der Waals surface area contributed by atoms with Crippen molar-refractivity contribution in [3.8, 4) is 0 Å². The Morgan fingerprint density at radius 1 is 0.724 bits per heavy atom. The number of ketones is 2. The van der Waals surface area contributed by atoms with Crippen molar-refractivity contribution in [3.63, 3.8) is 0 Å². The van der Waals surface area contributed by atoms with Gasteiger partial charge in [0.15, 0.2) is 0 Å². The Balaban J connectivity index is 2.79. The molecule has 0 spiro atoms. The molecule has 29 heavy (non-hydrogen) atoms. The molecule has 0 saturated heterocycles. The van der Waals surface area contributed by atoms with Gasteiger partial charge in [0.2, 0.25) is 0 Å². The van der Waals surface area contributed by atoms with Crippen LogP contribution < -0.4 is 0 Å². The van der Waals surface area contributed by atoms with Gasteiger partial charge >= 0.3 is 184 Å². The third kappa shape index (κ3) is 5.33. The zero-order valence-electron chi connectivity index (χ0n) is 19.5. The van der Waals surface area contributed by atoms with Gasteiger partial charge in [0.05, 0.1) is 0 Å². The van der Waals surface area contributed by atoms with Crippen LogP contribution in [0.5, 0.6) is 0 Å². The zero-order chi connectivity index (χ0) is 21.7. The molecule has 0 fully saturated rings. The van der Waals surface area contributed by atoms with Crippen LogP contribution in [-0.2, 0) is 0 Å². The van der Waals surface area contributed by atoms with Gasteiger partial charge in [-0.05, 0) is 0 Å². The van der Waals surface area contributed by atoms with E-state index in [4.69, 9.17) is 0 Å². The summed E-state index contributed by atoms with van der Waals surface area (Å²) in [6.07, 6.45) is 7.13. The third-order valence-electron chi connectivity index (χ3n) is 6.43. The molecular formula is C25H40O2SiSn. The van der Waals surface area contributed by atoms with Gasteiger partial charge in [-0.15, -0.1) is 0 Å². The van der Waals surface area contributed by atoms with E-state index >= 15 is 0 Å². The standard InChI is InChI=1S/C13H13O2Si.3C4H9.Sn/c1-16(2,3)12-8-11(14)9-6-4-5-7-10(9)13(12)15;3*1-3-4-2;/h4-7H,1-3H3;3*1,3-4H2,2H3;. The molecule has 0 N–H and O–H groups in total. The van der Waals surface area contributed by atoms with Crippen LogP contribution in [0, 0.1) is 0 Å². The van der Waals surface area contributed by atoms with Gasteiger partial charge in [0.1, 0.15) is 0 Å². The van der Waals surface area contributed by atoms with Crippen LogP contribution in [0.1, 0.15) is 80.0 Å². The molecule has 0 radical (unpaired) electrons. The van der Waals surface area contributed by atoms with Crippen LogP contribution in [0.2, 0.25) is 33.0 Å². The predicted octanol–water partition coefficient (Wildman–Crippen LogP) is 7.63. The molecular weight excluding hydrogens is 479 g/mol. The number of hydrogen-bond donors (Lipinski definition) is 0. The van der Waals surface area contributed by atoms with Crippen LogP contribution in [0.4, 0.5) is 0 Å². The summed E-state index contributed by atoms with van der Waals surface area (Å²) in [5.74, 6) is 0.414. The summed E-state index contributed by atoms with van der Waals surface area (Å²) in [5, 5.41) is 1.00. The first kappa shape index (κ1) is 24.6. The normalized spacial score (nSPS) is 15.1. The maximum absolute atomic E-state index is 14.0. The molecule has 0 saturated carbocycles. The van der Waals surface area contributed by atoms with Crippen molar-refractivity contribution in [1.29, 1.82) is 0 Å². The van der Waals surface area contributed by atoms with E-state index in [9.17, 15) is 9.59 Å². The van der Waals surface area contributed by atoms with Crippen LogP contribution in [0.15, 0.2) is 33.1 Å². The van der Waals surface area contributed by atoms with Crippen molar-refractivity contribution in [2.45, 2.75) is 92.2 Å². The fourth-order valence-electron chi connectivity index (χ4n) is 4.89. The summed E-state index contributed by atoms with van der Waals surface area (Å²) in [4.78, 5) is 27.8. The Bertz CT molecular complexity index is 751. The minimum atomic E-state index is -3.04. The molecule has 0 aliphatic heterocycles. The van der Waals surface area contributed by atoms with Crippen LogP contribution in [0.3, 0.4) is 0 Å². The summed E-state index contributed by atoms with van der Waals surface area (Å²) in [7, 11) is -1.96. The first-order chi connectivity index (χ1) is 13.7. The number of Topliss-reactive ketones (excluding diaryl/α,β-unsaturated/α-hetero) is 2. The molecule has 2 rings (SSSR count). The second-order valence-corrected chi connectivity index (χ2v) is 27.8. The van der Waals surface area contributed by atoms with E-state index < -0.39 is 26.5 Å². The van der Waals surface area contributed by atoms with E-state index in [0.29, 0.717) is 11.1 Å². The van der Waals surface area contributed by atoms with Crippen molar-refractivity contribution in [2.75, 3.05) is 0 Å². The molecule has 0 unspecified atom stereocenters. The Morgan fingerprint density at radius 3 is 1.52 bits per heavy atom. The van der Waals surface area contributed by atoms with Gasteiger partial charge in [-0.25, -0.2) is 0 Å². The molecule has 2 nitrogen and oxygen atoms in total. The van der Waals surface area contributed by atoms with Crippen molar-refractivity contribution < 1.29 is 9.59 Å². The van der Waals surface area contributed by atoms with E-state index in [-0.39, 0.29) is 11.6 Å². The maximum atomic E-state index is 14.0. The van der Waals surface area contributed by atoms with Gasteiger partial charge in [-0.1, -0.05) is 0 Å². The van der Waals surface area contributed by atoms with Crippen molar-refractivity contribution in [3.05, 3.63) is 44.2 Å². The SMILES string of the molecule is CCC[CH2][Sn]([CH2]CCC)([CH2]CCC)[C]1=C([Si](C)(C)C)C(=O)c2ccccc2C1=O. The van der Waals surface area contributed by atoms with Gasteiger partial charge in [-0.3, -0.25) is 0 Å². The Labute approximate surface area is 183 Å². The first-order valence-corrected chi connectivity index (χ1v) is 22.6. The molecule has 160 valence electrons. The van der Waals surface area contributed by atoms with Gasteiger partial charge in [0, 0.05) is 0 Å². The first-order valence-electron chi connectivity index (χ1n) is 11.7. The van der Waals surface area contributed by atoms with E-state index in [2.05, 4.69) is 40.4 Å². The van der Waals surface area contributed by atoms with Crippen molar-refractivity contribution in [1.82, 2.24) is 0 Å². The molecule has 0 heterocycles. The quantitative estimate of drug-likeness (QED) is 0.282. The molecule has 0 atom stereocenters. The second kappa shape index (κ2) is 10.6. The Kier molecular flexibility index (Phi) is 8.96. The number of hydrogen-bond acceptors (Lipinski definition) is 2. The monoisotopic (exact) mass is 520 g/mol. The van der Waals surface area contributed by atoms with Crippen LogP contribution >= 0.6 is 0 Å². The number of benzene rings is 1. The zero-order valence-corrected chi connectivity index (χ0v) is 23.3. The number of carbonyl (C=O) groups excluding carboxylic acids is 2. The fourth-order valence-corrected chi connectivity index (χ4v) is 28.3. The summed E-state index contributed by atoms with van der Waals surface area (Å²) in [6.45, 7) is 13.6.